The molecule has 2 amide bonds. The van der Waals surface area contributed by atoms with Crippen LogP contribution in [0.15, 0.2) is 48.0 Å². The van der Waals surface area contributed by atoms with Crippen molar-refractivity contribution in [2.75, 3.05) is 4.90 Å². The van der Waals surface area contributed by atoms with Crippen LogP contribution in [0.5, 0.6) is 5.75 Å². The molecule has 1 aliphatic heterocycles. The molecule has 2 aromatic carbocycles. The fourth-order valence-corrected chi connectivity index (χ4v) is 3.20. The van der Waals surface area contributed by atoms with Gasteiger partial charge in [-0.25, -0.2) is 0 Å². The quantitative estimate of drug-likeness (QED) is 0.296. The van der Waals surface area contributed by atoms with Gasteiger partial charge >= 0.3 is 0 Å². The van der Waals surface area contributed by atoms with E-state index in [1.165, 1.54) is 17.0 Å². The molecule has 8 heteroatoms. The maximum Gasteiger partial charge on any atom is 0.270 e. The minimum atomic E-state index is -0.613. The fourth-order valence-electron chi connectivity index (χ4n) is 2.28. The Morgan fingerprint density at radius 3 is 2.52 bits per heavy atom. The number of halogens is 2. The summed E-state index contributed by atoms with van der Waals surface area (Å²) in [5.74, 6) is -1.22. The first-order valence-corrected chi connectivity index (χ1v) is 8.89. The zero-order valence-corrected chi connectivity index (χ0v) is 16.2. The Bertz CT molecular complexity index is 928. The first-order valence-electron chi connectivity index (χ1n) is 7.02. The van der Waals surface area contributed by atoms with Crippen molar-refractivity contribution >= 4 is 75.1 Å². The van der Waals surface area contributed by atoms with Gasteiger partial charge in [-0.15, -0.1) is 0 Å². The van der Waals surface area contributed by atoms with Crippen LogP contribution in [0.3, 0.4) is 0 Å². The van der Waals surface area contributed by atoms with Crippen LogP contribution in [-0.4, -0.2) is 22.0 Å². The van der Waals surface area contributed by atoms with Crippen molar-refractivity contribution in [3.8, 4) is 5.75 Å². The molecular formula is C17H10ClIN2O3S. The molecule has 0 aliphatic carbocycles. The second kappa shape index (κ2) is 7.11. The van der Waals surface area contributed by atoms with Crippen molar-refractivity contribution < 1.29 is 14.7 Å². The second-order valence-corrected chi connectivity index (χ2v) is 7.21. The highest BCUT2D eigenvalue weighted by atomic mass is 127. The number of aromatic hydroxyl groups is 1. The number of phenols is 1. The highest BCUT2D eigenvalue weighted by molar-refractivity contribution is 14.1. The van der Waals surface area contributed by atoms with Crippen LogP contribution in [0.2, 0.25) is 5.02 Å². The van der Waals surface area contributed by atoms with Crippen LogP contribution in [0.1, 0.15) is 5.56 Å². The molecule has 1 fully saturated rings. The second-order valence-electron chi connectivity index (χ2n) is 5.14. The van der Waals surface area contributed by atoms with Crippen LogP contribution >= 0.6 is 46.4 Å². The van der Waals surface area contributed by atoms with E-state index in [1.54, 1.807) is 36.4 Å². The van der Waals surface area contributed by atoms with Crippen molar-refractivity contribution in [2.24, 2.45) is 0 Å². The summed E-state index contributed by atoms with van der Waals surface area (Å²) in [6, 6.07) is 11.4. The maximum atomic E-state index is 12.8. The lowest BCUT2D eigenvalue weighted by atomic mass is 10.1. The van der Waals surface area contributed by atoms with Crippen LogP contribution in [0.25, 0.3) is 6.08 Å². The van der Waals surface area contributed by atoms with Gasteiger partial charge in [-0.3, -0.25) is 19.8 Å². The number of rotatable bonds is 2. The lowest BCUT2D eigenvalue weighted by molar-refractivity contribution is -0.122. The minimum absolute atomic E-state index is 0.0127. The number of nitrogens with one attached hydrogen (secondary N) is 1. The third-order valence-electron chi connectivity index (χ3n) is 3.48. The van der Waals surface area contributed by atoms with Gasteiger partial charge < -0.3 is 5.11 Å². The van der Waals surface area contributed by atoms with E-state index in [0.717, 1.165) is 3.57 Å². The standard InChI is InChI=1S/C17H10ClIN2O3S/c18-10-1-4-12(5-2-10)21-16(24)13(15(23)20-17(21)25)8-9-7-11(19)3-6-14(9)22/h1-8,22H,(H,20,23,25)/b13-8+. The molecule has 2 aromatic rings. The monoisotopic (exact) mass is 484 g/mol. The lowest BCUT2D eigenvalue weighted by Crippen LogP contribution is -2.54. The van der Waals surface area contributed by atoms with E-state index in [1.807, 2.05) is 0 Å². The number of carbonyl (C=O) groups is 2. The van der Waals surface area contributed by atoms with E-state index in [-0.39, 0.29) is 16.4 Å². The van der Waals surface area contributed by atoms with E-state index in [4.69, 9.17) is 23.8 Å². The summed E-state index contributed by atoms with van der Waals surface area (Å²) in [6.07, 6.45) is 1.35. The van der Waals surface area contributed by atoms with Gasteiger partial charge in [0.25, 0.3) is 11.8 Å². The van der Waals surface area contributed by atoms with Crippen LogP contribution < -0.4 is 10.2 Å². The summed E-state index contributed by atoms with van der Waals surface area (Å²) in [5, 5.41) is 13.0. The average molecular weight is 485 g/mol. The Balaban J connectivity index is 2.05. The zero-order valence-electron chi connectivity index (χ0n) is 12.5. The predicted octanol–water partition coefficient (Wildman–Crippen LogP) is 3.48. The van der Waals surface area contributed by atoms with E-state index in [2.05, 4.69) is 27.9 Å². The molecule has 0 atom stereocenters. The molecule has 126 valence electrons. The largest absolute Gasteiger partial charge is 0.507 e. The molecular weight excluding hydrogens is 475 g/mol. The number of benzene rings is 2. The molecule has 25 heavy (non-hydrogen) atoms. The van der Waals surface area contributed by atoms with Crippen molar-refractivity contribution in [1.29, 1.82) is 0 Å². The van der Waals surface area contributed by atoms with E-state index < -0.39 is 11.8 Å². The molecule has 1 saturated heterocycles. The smallest absolute Gasteiger partial charge is 0.270 e. The number of amides is 2. The Morgan fingerprint density at radius 1 is 1.16 bits per heavy atom. The van der Waals surface area contributed by atoms with Gasteiger partial charge in [0.05, 0.1) is 5.69 Å². The van der Waals surface area contributed by atoms with Gasteiger partial charge in [-0.05, 0) is 83.3 Å². The number of carbonyl (C=O) groups excluding carboxylic acids is 2. The SMILES string of the molecule is O=C1NC(=S)N(c2ccc(Cl)cc2)C(=O)/C1=C/c1cc(I)ccc1O. The Hall–Kier alpha value is -1.97. The zero-order chi connectivity index (χ0) is 18.1. The molecule has 2 N–H and O–H groups in total. The molecule has 0 unspecified atom stereocenters. The molecule has 0 aromatic heterocycles. The van der Waals surface area contributed by atoms with Gasteiger partial charge in [0, 0.05) is 14.2 Å². The van der Waals surface area contributed by atoms with Crippen LogP contribution in [0, 0.1) is 3.57 Å². The average Bonchev–Trinajstić information content (AvgIpc) is 2.56. The summed E-state index contributed by atoms with van der Waals surface area (Å²) in [6.45, 7) is 0. The molecule has 0 saturated carbocycles. The van der Waals surface area contributed by atoms with Crippen molar-refractivity contribution in [2.45, 2.75) is 0 Å². The fraction of sp³-hybridized carbons (Fsp3) is 0. The molecule has 0 spiro atoms. The third kappa shape index (κ3) is 3.68. The van der Waals surface area contributed by atoms with Crippen molar-refractivity contribution in [1.82, 2.24) is 5.32 Å². The Labute approximate surface area is 167 Å². The normalized spacial score (nSPS) is 16.3. The Kier molecular flexibility index (Phi) is 5.07. The van der Waals surface area contributed by atoms with E-state index in [9.17, 15) is 14.7 Å². The molecule has 1 aliphatic rings. The number of thiocarbonyl (C=S) groups is 1. The van der Waals surface area contributed by atoms with Gasteiger partial charge in [-0.2, -0.15) is 0 Å². The topological polar surface area (TPSA) is 69.6 Å². The number of hydrogen-bond donors (Lipinski definition) is 2. The summed E-state index contributed by atoms with van der Waals surface area (Å²) in [5.41, 5.74) is 0.729. The summed E-state index contributed by atoms with van der Waals surface area (Å²) < 4.78 is 0.857. The number of phenolic OH excluding ortho intramolecular Hbond substituents is 1. The highest BCUT2D eigenvalue weighted by Gasteiger charge is 2.34. The minimum Gasteiger partial charge on any atom is -0.507 e. The van der Waals surface area contributed by atoms with Gasteiger partial charge in [-0.1, -0.05) is 11.6 Å². The van der Waals surface area contributed by atoms with Crippen molar-refractivity contribution in [3.05, 3.63) is 62.2 Å². The van der Waals surface area contributed by atoms with Gasteiger partial charge in [0.15, 0.2) is 5.11 Å². The molecule has 1 heterocycles. The number of nitrogens with zero attached hydrogens (tertiary/aromatic N) is 1. The van der Waals surface area contributed by atoms with Gasteiger partial charge in [0.2, 0.25) is 0 Å². The van der Waals surface area contributed by atoms with E-state index >= 15 is 0 Å². The summed E-state index contributed by atoms with van der Waals surface area (Å²) >= 11 is 13.1. The number of hydrogen-bond acceptors (Lipinski definition) is 4. The number of anilines is 1. The molecule has 0 bridgehead atoms. The molecule has 0 radical (unpaired) electrons. The van der Waals surface area contributed by atoms with E-state index in [0.29, 0.717) is 16.3 Å². The lowest BCUT2D eigenvalue weighted by Gasteiger charge is -2.29. The predicted molar refractivity (Wildman–Crippen MR) is 108 cm³/mol. The maximum absolute atomic E-state index is 12.8. The first kappa shape index (κ1) is 17.8. The van der Waals surface area contributed by atoms with Crippen molar-refractivity contribution in [3.63, 3.8) is 0 Å². The molecule has 3 rings (SSSR count). The third-order valence-corrected chi connectivity index (χ3v) is 4.68. The summed E-state index contributed by atoms with van der Waals surface area (Å²) in [7, 11) is 0. The van der Waals surface area contributed by atoms with Crippen LogP contribution in [-0.2, 0) is 9.59 Å². The highest BCUT2D eigenvalue weighted by Crippen LogP contribution is 2.26. The van der Waals surface area contributed by atoms with Gasteiger partial charge in [0.1, 0.15) is 11.3 Å². The Morgan fingerprint density at radius 2 is 1.84 bits per heavy atom. The van der Waals surface area contributed by atoms with Crippen LogP contribution in [0.4, 0.5) is 5.69 Å². The molecule has 5 nitrogen and oxygen atoms in total. The first-order chi connectivity index (χ1) is 11.9. The summed E-state index contributed by atoms with van der Waals surface area (Å²) in [4.78, 5) is 26.3.